The van der Waals surface area contributed by atoms with Gasteiger partial charge in [-0.3, -0.25) is 0 Å². The third kappa shape index (κ3) is 4.99. The summed E-state index contributed by atoms with van der Waals surface area (Å²) in [4.78, 5) is 2.42. The predicted octanol–water partition coefficient (Wildman–Crippen LogP) is 15.5. The third-order valence-electron chi connectivity index (χ3n) is 11.1. The molecule has 0 aliphatic rings. The van der Waals surface area contributed by atoms with Crippen molar-refractivity contribution in [2.75, 3.05) is 4.90 Å². The topological polar surface area (TPSA) is 3.24 Å². The maximum absolute atomic E-state index is 2.42. The van der Waals surface area contributed by atoms with Crippen molar-refractivity contribution in [2.24, 2.45) is 0 Å². The van der Waals surface area contributed by atoms with E-state index in [1.165, 1.54) is 91.2 Å². The fourth-order valence-corrected chi connectivity index (χ4v) is 9.61. The molecule has 0 aliphatic heterocycles. The summed E-state index contributed by atoms with van der Waals surface area (Å²) in [6, 6.07) is 73.5. The highest BCUT2D eigenvalue weighted by atomic mass is 32.1. The minimum atomic E-state index is 1.12. The van der Waals surface area contributed by atoms with Crippen LogP contribution in [0, 0.1) is 0 Å². The summed E-state index contributed by atoms with van der Waals surface area (Å²) < 4.78 is 2.59. The Morgan fingerprint density at radius 2 is 0.852 bits per heavy atom. The first kappa shape index (κ1) is 30.8. The molecule has 2 heteroatoms. The SMILES string of the molecule is c1ccc2c(-c3ccc(N(c4ccc(-c5ccc6ccc7c8ccccc8ccc7c6c5)cc4)c4cccc5c4sc4ccccc45)cc3)cccc2c1. The fourth-order valence-electron chi connectivity index (χ4n) is 8.40. The minimum Gasteiger partial charge on any atom is -0.309 e. The van der Waals surface area contributed by atoms with E-state index in [1.807, 2.05) is 11.3 Å². The van der Waals surface area contributed by atoms with Gasteiger partial charge in [-0.05, 0) is 108 Å². The molecule has 0 bridgehead atoms. The molecule has 1 aromatic heterocycles. The summed E-state index contributed by atoms with van der Waals surface area (Å²) in [5, 5.41) is 12.8. The van der Waals surface area contributed by atoms with Crippen molar-refractivity contribution in [3.63, 3.8) is 0 Å². The maximum Gasteiger partial charge on any atom is 0.0640 e. The lowest BCUT2D eigenvalue weighted by atomic mass is 9.94. The van der Waals surface area contributed by atoms with Gasteiger partial charge in [0.25, 0.3) is 0 Å². The lowest BCUT2D eigenvalue weighted by Crippen LogP contribution is -2.10. The molecular formula is C52H33NS. The maximum atomic E-state index is 2.42. The van der Waals surface area contributed by atoms with Crippen LogP contribution in [0.5, 0.6) is 0 Å². The molecule has 0 aliphatic carbocycles. The van der Waals surface area contributed by atoms with Crippen molar-refractivity contribution in [1.29, 1.82) is 0 Å². The van der Waals surface area contributed by atoms with Crippen LogP contribution in [0.4, 0.5) is 17.1 Å². The van der Waals surface area contributed by atoms with Gasteiger partial charge < -0.3 is 4.90 Å². The Bertz CT molecular complexity index is 3200. The summed E-state index contributed by atoms with van der Waals surface area (Å²) in [7, 11) is 0. The van der Waals surface area contributed by atoms with Gasteiger partial charge in [-0.15, -0.1) is 11.3 Å². The van der Waals surface area contributed by atoms with E-state index in [2.05, 4.69) is 205 Å². The molecule has 0 amide bonds. The molecule has 11 rings (SSSR count). The quantitative estimate of drug-likeness (QED) is 0.161. The molecule has 0 unspecified atom stereocenters. The zero-order valence-corrected chi connectivity index (χ0v) is 30.2. The zero-order chi connectivity index (χ0) is 35.6. The lowest BCUT2D eigenvalue weighted by Gasteiger charge is -2.26. The van der Waals surface area contributed by atoms with E-state index in [1.54, 1.807) is 0 Å². The largest absolute Gasteiger partial charge is 0.309 e. The van der Waals surface area contributed by atoms with E-state index in [-0.39, 0.29) is 0 Å². The Balaban J connectivity index is 1.04. The van der Waals surface area contributed by atoms with Crippen LogP contribution in [-0.2, 0) is 0 Å². The van der Waals surface area contributed by atoms with Gasteiger partial charge in [0.15, 0.2) is 0 Å². The second kappa shape index (κ2) is 12.4. The lowest BCUT2D eigenvalue weighted by molar-refractivity contribution is 1.30. The van der Waals surface area contributed by atoms with Gasteiger partial charge in [0.2, 0.25) is 0 Å². The summed E-state index contributed by atoms with van der Waals surface area (Å²) in [6.07, 6.45) is 0. The molecule has 0 spiro atoms. The molecule has 252 valence electrons. The van der Waals surface area contributed by atoms with Crippen LogP contribution in [0.25, 0.3) is 85.5 Å². The molecule has 54 heavy (non-hydrogen) atoms. The number of hydrogen-bond donors (Lipinski definition) is 0. The van der Waals surface area contributed by atoms with Gasteiger partial charge in [0, 0.05) is 26.8 Å². The van der Waals surface area contributed by atoms with Crippen molar-refractivity contribution in [3.8, 4) is 22.3 Å². The Morgan fingerprint density at radius 1 is 0.315 bits per heavy atom. The predicted molar refractivity (Wildman–Crippen MR) is 235 cm³/mol. The van der Waals surface area contributed by atoms with Crippen molar-refractivity contribution in [2.45, 2.75) is 0 Å². The molecule has 0 radical (unpaired) electrons. The Hall–Kier alpha value is -6.74. The van der Waals surface area contributed by atoms with E-state index >= 15 is 0 Å². The van der Waals surface area contributed by atoms with Crippen LogP contribution in [0.2, 0.25) is 0 Å². The van der Waals surface area contributed by atoms with E-state index < -0.39 is 0 Å². The van der Waals surface area contributed by atoms with Crippen molar-refractivity contribution < 1.29 is 0 Å². The van der Waals surface area contributed by atoms with Crippen molar-refractivity contribution >= 4 is 91.7 Å². The molecule has 1 heterocycles. The van der Waals surface area contributed by atoms with Crippen LogP contribution in [-0.4, -0.2) is 0 Å². The van der Waals surface area contributed by atoms with E-state index in [0.29, 0.717) is 0 Å². The number of hydrogen-bond acceptors (Lipinski definition) is 2. The Kier molecular flexibility index (Phi) is 7.11. The van der Waals surface area contributed by atoms with E-state index in [4.69, 9.17) is 0 Å². The van der Waals surface area contributed by atoms with Crippen LogP contribution in [0.1, 0.15) is 0 Å². The third-order valence-corrected chi connectivity index (χ3v) is 12.3. The van der Waals surface area contributed by atoms with Gasteiger partial charge in [-0.2, -0.15) is 0 Å². The summed E-state index contributed by atoms with van der Waals surface area (Å²) in [6.45, 7) is 0. The molecule has 1 nitrogen and oxygen atoms in total. The highest BCUT2D eigenvalue weighted by Gasteiger charge is 2.19. The highest BCUT2D eigenvalue weighted by molar-refractivity contribution is 7.26. The fraction of sp³-hybridized carbons (Fsp3) is 0. The summed E-state index contributed by atoms with van der Waals surface area (Å²) in [5.74, 6) is 0. The number of thiophene rings is 1. The second-order valence-corrected chi connectivity index (χ2v) is 15.1. The normalized spacial score (nSPS) is 11.7. The zero-order valence-electron chi connectivity index (χ0n) is 29.4. The van der Waals surface area contributed by atoms with E-state index in [0.717, 1.165) is 11.4 Å². The van der Waals surface area contributed by atoms with Crippen LogP contribution in [0.3, 0.4) is 0 Å². The van der Waals surface area contributed by atoms with Gasteiger partial charge in [0.1, 0.15) is 0 Å². The van der Waals surface area contributed by atoms with Crippen molar-refractivity contribution in [1.82, 2.24) is 0 Å². The molecule has 0 N–H and O–H groups in total. The van der Waals surface area contributed by atoms with Gasteiger partial charge in [-0.1, -0.05) is 158 Å². The molecule has 0 atom stereocenters. The number of rotatable bonds is 5. The first-order valence-electron chi connectivity index (χ1n) is 18.5. The van der Waals surface area contributed by atoms with Crippen LogP contribution in [0.15, 0.2) is 200 Å². The van der Waals surface area contributed by atoms with Gasteiger partial charge in [0.05, 0.1) is 10.4 Å². The van der Waals surface area contributed by atoms with Gasteiger partial charge >= 0.3 is 0 Å². The Morgan fingerprint density at radius 3 is 1.63 bits per heavy atom. The Labute approximate surface area is 317 Å². The number of nitrogens with zero attached hydrogens (tertiary/aromatic N) is 1. The second-order valence-electron chi connectivity index (χ2n) is 14.1. The molecule has 0 saturated heterocycles. The summed E-state index contributed by atoms with van der Waals surface area (Å²) >= 11 is 1.87. The molecule has 0 fully saturated rings. The van der Waals surface area contributed by atoms with Crippen LogP contribution >= 0.6 is 11.3 Å². The number of fused-ring (bicyclic) bond motifs is 9. The molecule has 0 saturated carbocycles. The average molecular weight is 704 g/mol. The monoisotopic (exact) mass is 703 g/mol. The standard InChI is InChI=1S/C52H33NS/c1-3-12-42-35(9-1)11-7-15-43(42)37-23-29-41(30-24-37)53(50-17-8-16-48-47-14-5-6-18-51(47)54-52(48)50)40-27-21-34(22-28-40)39-20-19-38-26-31-45-44-13-4-2-10-36(44)25-32-46(45)49(38)33-39/h1-33H. The molecule has 11 aromatic rings. The first-order valence-corrected chi connectivity index (χ1v) is 19.3. The average Bonchev–Trinajstić information content (AvgIpc) is 3.63. The highest BCUT2D eigenvalue weighted by Crippen LogP contribution is 2.45. The number of anilines is 3. The number of benzene rings is 10. The summed E-state index contributed by atoms with van der Waals surface area (Å²) in [5.41, 5.74) is 8.31. The minimum absolute atomic E-state index is 1.12. The first-order chi connectivity index (χ1) is 26.8. The molecule has 10 aromatic carbocycles. The van der Waals surface area contributed by atoms with E-state index in [9.17, 15) is 0 Å². The van der Waals surface area contributed by atoms with Gasteiger partial charge in [-0.25, -0.2) is 0 Å². The van der Waals surface area contributed by atoms with Crippen molar-refractivity contribution in [3.05, 3.63) is 200 Å². The van der Waals surface area contributed by atoms with Crippen LogP contribution < -0.4 is 4.90 Å². The smallest absolute Gasteiger partial charge is 0.0640 e. The molecular weight excluding hydrogens is 671 g/mol.